The second kappa shape index (κ2) is 18.2. The topological polar surface area (TPSA) is 35.5 Å². The van der Waals surface area contributed by atoms with Crippen molar-refractivity contribution in [3.8, 4) is 0 Å². The van der Waals surface area contributed by atoms with Crippen LogP contribution in [-0.4, -0.2) is 13.1 Å². The third-order valence-electron chi connectivity index (χ3n) is 3.82. The summed E-state index contributed by atoms with van der Waals surface area (Å²) in [5, 5.41) is 0. The standard InChI is InChI=1S/C19H36O3/c1-3-4-5-6-7-8-9-10-11-12-13-14-15-16-17-18-19(20)22-21-2/h10-11H,3-9,12-18H2,1-2H3/b11-10+. The number of carbonyl (C=O) groups excluding carboxylic acids is 1. The smallest absolute Gasteiger partial charge is 0.299 e. The highest BCUT2D eigenvalue weighted by atomic mass is 17.2. The van der Waals surface area contributed by atoms with E-state index in [0.29, 0.717) is 6.42 Å². The molecule has 0 saturated heterocycles. The van der Waals surface area contributed by atoms with Gasteiger partial charge in [0.2, 0.25) is 0 Å². The molecule has 0 rings (SSSR count). The molecule has 22 heavy (non-hydrogen) atoms. The van der Waals surface area contributed by atoms with Crippen LogP contribution >= 0.6 is 0 Å². The van der Waals surface area contributed by atoms with E-state index in [0.717, 1.165) is 12.8 Å². The Bertz CT molecular complexity index is 261. The van der Waals surface area contributed by atoms with Gasteiger partial charge < -0.3 is 0 Å². The Morgan fingerprint density at radius 3 is 1.82 bits per heavy atom. The van der Waals surface area contributed by atoms with E-state index in [1.165, 1.54) is 77.7 Å². The van der Waals surface area contributed by atoms with Gasteiger partial charge in [0.15, 0.2) is 0 Å². The van der Waals surface area contributed by atoms with Gasteiger partial charge in [-0.3, -0.25) is 4.89 Å². The lowest BCUT2D eigenvalue weighted by Gasteiger charge is -2.00. The minimum atomic E-state index is -0.264. The van der Waals surface area contributed by atoms with Gasteiger partial charge in [0, 0.05) is 6.42 Å². The summed E-state index contributed by atoms with van der Waals surface area (Å²) in [6.07, 6.45) is 21.6. The first-order valence-corrected chi connectivity index (χ1v) is 9.19. The van der Waals surface area contributed by atoms with Crippen LogP contribution in [0.15, 0.2) is 12.2 Å². The molecule has 0 aliphatic carbocycles. The molecule has 0 aliphatic rings. The van der Waals surface area contributed by atoms with E-state index < -0.39 is 0 Å². The van der Waals surface area contributed by atoms with Crippen molar-refractivity contribution in [1.29, 1.82) is 0 Å². The van der Waals surface area contributed by atoms with Crippen LogP contribution in [0.1, 0.15) is 96.8 Å². The van der Waals surface area contributed by atoms with Gasteiger partial charge in [-0.05, 0) is 32.1 Å². The molecule has 0 fully saturated rings. The molecule has 0 unspecified atom stereocenters. The molecule has 0 aromatic carbocycles. The Labute approximate surface area is 137 Å². The third kappa shape index (κ3) is 17.2. The highest BCUT2D eigenvalue weighted by molar-refractivity contribution is 5.68. The molecule has 0 saturated carbocycles. The molecular formula is C19H36O3. The molecule has 3 heteroatoms. The maximum Gasteiger partial charge on any atom is 0.342 e. The highest BCUT2D eigenvalue weighted by Crippen LogP contribution is 2.10. The minimum Gasteiger partial charge on any atom is -0.299 e. The normalized spacial score (nSPS) is 11.2. The number of allylic oxidation sites excluding steroid dienone is 2. The van der Waals surface area contributed by atoms with E-state index in [9.17, 15) is 4.79 Å². The Balaban J connectivity index is 3.12. The summed E-state index contributed by atoms with van der Waals surface area (Å²) in [6.45, 7) is 2.26. The van der Waals surface area contributed by atoms with Gasteiger partial charge in [0.05, 0.1) is 7.11 Å². The van der Waals surface area contributed by atoms with Gasteiger partial charge >= 0.3 is 5.97 Å². The first-order chi connectivity index (χ1) is 10.8. The predicted octanol–water partition coefficient (Wildman–Crippen LogP) is 6.13. The van der Waals surface area contributed by atoms with Gasteiger partial charge in [0.1, 0.15) is 0 Å². The molecule has 0 atom stereocenters. The molecule has 0 bridgehead atoms. The van der Waals surface area contributed by atoms with Crippen molar-refractivity contribution in [2.75, 3.05) is 7.11 Å². The molecule has 0 aliphatic heterocycles. The first kappa shape index (κ1) is 21.2. The van der Waals surface area contributed by atoms with Gasteiger partial charge in [-0.15, -0.1) is 0 Å². The van der Waals surface area contributed by atoms with Crippen LogP contribution in [0.5, 0.6) is 0 Å². The van der Waals surface area contributed by atoms with Crippen molar-refractivity contribution < 1.29 is 14.6 Å². The summed E-state index contributed by atoms with van der Waals surface area (Å²) in [4.78, 5) is 19.8. The summed E-state index contributed by atoms with van der Waals surface area (Å²) >= 11 is 0. The van der Waals surface area contributed by atoms with Crippen LogP contribution in [-0.2, 0) is 14.6 Å². The summed E-state index contributed by atoms with van der Waals surface area (Å²) in [5.41, 5.74) is 0. The SMILES string of the molecule is CCCCCCCC/C=C/CCCCCCCC(=O)OOC. The van der Waals surface area contributed by atoms with Crippen LogP contribution in [0.25, 0.3) is 0 Å². The van der Waals surface area contributed by atoms with E-state index in [4.69, 9.17) is 0 Å². The number of carbonyl (C=O) groups is 1. The quantitative estimate of drug-likeness (QED) is 0.149. The minimum absolute atomic E-state index is 0.264. The maximum absolute atomic E-state index is 11.0. The fraction of sp³-hybridized carbons (Fsp3) is 0.842. The first-order valence-electron chi connectivity index (χ1n) is 9.19. The summed E-state index contributed by atoms with van der Waals surface area (Å²) in [7, 11) is 1.36. The zero-order valence-corrected chi connectivity index (χ0v) is 14.8. The van der Waals surface area contributed by atoms with Crippen LogP contribution in [0.4, 0.5) is 0 Å². The predicted molar refractivity (Wildman–Crippen MR) is 92.6 cm³/mol. The summed E-state index contributed by atoms with van der Waals surface area (Å²) in [5.74, 6) is -0.264. The molecule has 130 valence electrons. The largest absolute Gasteiger partial charge is 0.342 e. The molecular weight excluding hydrogens is 276 g/mol. The van der Waals surface area contributed by atoms with Gasteiger partial charge in [-0.2, -0.15) is 4.89 Å². The zero-order valence-electron chi connectivity index (χ0n) is 14.8. The van der Waals surface area contributed by atoms with Gasteiger partial charge in [-0.25, -0.2) is 4.79 Å². The fourth-order valence-electron chi connectivity index (χ4n) is 2.47. The van der Waals surface area contributed by atoms with Crippen LogP contribution < -0.4 is 0 Å². The lowest BCUT2D eigenvalue weighted by molar-refractivity contribution is -0.255. The van der Waals surface area contributed by atoms with Crippen LogP contribution in [0.3, 0.4) is 0 Å². The number of unbranched alkanes of at least 4 members (excludes halogenated alkanes) is 11. The summed E-state index contributed by atoms with van der Waals surface area (Å²) < 4.78 is 0. The number of hydrogen-bond acceptors (Lipinski definition) is 3. The lowest BCUT2D eigenvalue weighted by atomic mass is 10.1. The van der Waals surface area contributed by atoms with Crippen LogP contribution in [0, 0.1) is 0 Å². The number of rotatable bonds is 16. The Morgan fingerprint density at radius 2 is 1.27 bits per heavy atom. The van der Waals surface area contributed by atoms with Crippen molar-refractivity contribution in [2.24, 2.45) is 0 Å². The molecule has 0 aromatic heterocycles. The van der Waals surface area contributed by atoms with Crippen molar-refractivity contribution in [3.63, 3.8) is 0 Å². The van der Waals surface area contributed by atoms with E-state index in [2.05, 4.69) is 28.9 Å². The molecule has 0 heterocycles. The molecule has 3 nitrogen and oxygen atoms in total. The van der Waals surface area contributed by atoms with Crippen molar-refractivity contribution in [2.45, 2.75) is 96.8 Å². The van der Waals surface area contributed by atoms with Gasteiger partial charge in [-0.1, -0.05) is 70.4 Å². The zero-order chi connectivity index (χ0) is 16.3. The Hall–Kier alpha value is -0.830. The van der Waals surface area contributed by atoms with Crippen molar-refractivity contribution in [3.05, 3.63) is 12.2 Å². The maximum atomic E-state index is 11.0. The summed E-state index contributed by atoms with van der Waals surface area (Å²) in [6, 6.07) is 0. The van der Waals surface area contributed by atoms with Gasteiger partial charge in [0.25, 0.3) is 0 Å². The van der Waals surface area contributed by atoms with Crippen molar-refractivity contribution >= 4 is 5.97 Å². The molecule has 0 spiro atoms. The fourth-order valence-corrected chi connectivity index (χ4v) is 2.47. The molecule has 0 amide bonds. The van der Waals surface area contributed by atoms with E-state index >= 15 is 0 Å². The molecule has 0 radical (unpaired) electrons. The average molecular weight is 312 g/mol. The van der Waals surface area contributed by atoms with Crippen molar-refractivity contribution in [1.82, 2.24) is 0 Å². The highest BCUT2D eigenvalue weighted by Gasteiger charge is 2.01. The molecule has 0 aromatic rings. The Kier molecular flexibility index (Phi) is 17.5. The third-order valence-corrected chi connectivity index (χ3v) is 3.82. The van der Waals surface area contributed by atoms with E-state index in [-0.39, 0.29) is 5.97 Å². The van der Waals surface area contributed by atoms with E-state index in [1.54, 1.807) is 0 Å². The average Bonchev–Trinajstić information content (AvgIpc) is 2.51. The van der Waals surface area contributed by atoms with E-state index in [1.807, 2.05) is 0 Å². The second-order valence-corrected chi connectivity index (χ2v) is 5.96. The second-order valence-electron chi connectivity index (χ2n) is 5.96. The Morgan fingerprint density at radius 1 is 0.773 bits per heavy atom. The van der Waals surface area contributed by atoms with Crippen LogP contribution in [0.2, 0.25) is 0 Å². The molecule has 0 N–H and O–H groups in total. The number of hydrogen-bond donors (Lipinski definition) is 0. The monoisotopic (exact) mass is 312 g/mol. The lowest BCUT2D eigenvalue weighted by Crippen LogP contribution is -2.02.